The van der Waals surface area contributed by atoms with E-state index in [0.717, 1.165) is 49.4 Å². The molecule has 1 N–H and O–H groups in total. The third-order valence-electron chi connectivity index (χ3n) is 6.55. The van der Waals surface area contributed by atoms with Gasteiger partial charge in [-0.15, -0.1) is 5.10 Å². The molecule has 11 nitrogen and oxygen atoms in total. The van der Waals surface area contributed by atoms with Gasteiger partial charge >= 0.3 is 0 Å². The van der Waals surface area contributed by atoms with Gasteiger partial charge in [0, 0.05) is 43.9 Å². The fourth-order valence-corrected chi connectivity index (χ4v) is 4.50. The highest BCUT2D eigenvalue weighted by Gasteiger charge is 2.12. The van der Waals surface area contributed by atoms with Crippen LogP contribution in [0.4, 0.5) is 0 Å². The van der Waals surface area contributed by atoms with Gasteiger partial charge in [-0.1, -0.05) is 35.5 Å². The molecule has 0 atom stereocenters. The lowest BCUT2D eigenvalue weighted by Crippen LogP contribution is -2.44. The fourth-order valence-electron chi connectivity index (χ4n) is 4.50. The van der Waals surface area contributed by atoms with Gasteiger partial charge in [0.25, 0.3) is 0 Å². The Kier molecular flexibility index (Phi) is 7.11. The van der Waals surface area contributed by atoms with Crippen molar-refractivity contribution >= 4 is 11.3 Å². The van der Waals surface area contributed by atoms with Gasteiger partial charge in [0.2, 0.25) is 5.65 Å². The van der Waals surface area contributed by atoms with E-state index in [-0.39, 0.29) is 0 Å². The summed E-state index contributed by atoms with van der Waals surface area (Å²) in [5.41, 5.74) is 4.95. The number of fused-ring (bicyclic) bond motifs is 1. The quantitative estimate of drug-likeness (QED) is 0.327. The Balaban J connectivity index is 1.15. The summed E-state index contributed by atoms with van der Waals surface area (Å²) in [6.45, 7) is 6.09. The Hall–Kier alpha value is -4.79. The maximum absolute atomic E-state index is 9.22. The monoisotopic (exact) mass is 518 g/mol. The molecule has 11 heteroatoms. The first-order valence-electron chi connectivity index (χ1n) is 12.8. The third-order valence-corrected chi connectivity index (χ3v) is 6.55. The number of hydrogen-bond acceptors (Lipinski definition) is 10. The molecule has 6 rings (SSSR count). The highest BCUT2D eigenvalue weighted by molar-refractivity contribution is 5.70. The lowest BCUT2D eigenvalue weighted by Gasteiger charge is -2.26. The molecule has 0 radical (unpaired) electrons. The molecule has 1 aliphatic rings. The summed E-state index contributed by atoms with van der Waals surface area (Å²) in [5, 5.41) is 21.0. The molecule has 0 unspecified atom stereocenters. The first kappa shape index (κ1) is 24.5. The number of nitrogens with one attached hydrogen (secondary N) is 1. The number of nitrogens with zero attached hydrogens (tertiary/aromatic N) is 9. The van der Waals surface area contributed by atoms with Crippen LogP contribution in [0.2, 0.25) is 0 Å². The summed E-state index contributed by atoms with van der Waals surface area (Å²) in [6, 6.07) is 17.4. The van der Waals surface area contributed by atoms with Crippen molar-refractivity contribution in [3.63, 3.8) is 0 Å². The van der Waals surface area contributed by atoms with E-state index in [2.05, 4.69) is 41.5 Å². The summed E-state index contributed by atoms with van der Waals surface area (Å²) >= 11 is 0. The molecule has 0 bridgehead atoms. The van der Waals surface area contributed by atoms with Gasteiger partial charge in [0.15, 0.2) is 17.2 Å². The Morgan fingerprint density at radius 1 is 0.949 bits per heavy atom. The van der Waals surface area contributed by atoms with Gasteiger partial charge in [-0.25, -0.2) is 24.6 Å². The molecule has 0 saturated carbocycles. The third kappa shape index (κ3) is 5.72. The van der Waals surface area contributed by atoms with Crippen molar-refractivity contribution < 1.29 is 4.74 Å². The Morgan fingerprint density at radius 3 is 2.62 bits per heavy atom. The van der Waals surface area contributed by atoms with Gasteiger partial charge in [0.05, 0.1) is 42.5 Å². The summed E-state index contributed by atoms with van der Waals surface area (Å²) in [4.78, 5) is 20.6. The highest BCUT2D eigenvalue weighted by atomic mass is 16.5. The van der Waals surface area contributed by atoms with Crippen molar-refractivity contribution in [2.75, 3.05) is 39.3 Å². The van der Waals surface area contributed by atoms with Crippen LogP contribution in [0.15, 0.2) is 67.1 Å². The number of benzene rings is 2. The van der Waals surface area contributed by atoms with E-state index < -0.39 is 0 Å². The van der Waals surface area contributed by atoms with Crippen LogP contribution in [0.5, 0.6) is 5.75 Å². The highest BCUT2D eigenvalue weighted by Crippen LogP contribution is 2.22. The Bertz CT molecular complexity index is 1620. The molecule has 39 heavy (non-hydrogen) atoms. The normalized spacial score (nSPS) is 13.8. The van der Waals surface area contributed by atoms with Crippen LogP contribution in [-0.4, -0.2) is 79.2 Å². The van der Waals surface area contributed by atoms with Crippen LogP contribution < -0.4 is 10.1 Å². The number of ether oxygens (including phenoxy) is 1. The molecular weight excluding hydrogens is 492 g/mol. The number of piperazine rings is 1. The maximum atomic E-state index is 9.22. The van der Waals surface area contributed by atoms with E-state index in [1.54, 1.807) is 35.4 Å². The smallest absolute Gasteiger partial charge is 0.221 e. The first-order valence-corrected chi connectivity index (χ1v) is 12.8. The van der Waals surface area contributed by atoms with Crippen LogP contribution in [0.25, 0.3) is 33.9 Å². The Morgan fingerprint density at radius 2 is 1.77 bits per heavy atom. The zero-order valence-corrected chi connectivity index (χ0v) is 21.2. The van der Waals surface area contributed by atoms with Gasteiger partial charge in [-0.2, -0.15) is 5.26 Å². The van der Waals surface area contributed by atoms with Gasteiger partial charge in [0.1, 0.15) is 6.61 Å². The summed E-state index contributed by atoms with van der Waals surface area (Å²) in [6.07, 6.45) is 5.08. The number of nitriles is 1. The predicted octanol–water partition coefficient (Wildman–Crippen LogP) is 2.55. The summed E-state index contributed by atoms with van der Waals surface area (Å²) in [7, 11) is 0. The molecule has 5 aromatic rings. The standard InChI is InChI=1S/C28H26N10O/c29-15-20-3-1-5-22(13-20)25-18-33-27-28(34-25)38(36-35-27)19-21-4-2-6-23(14-21)26-31-16-24(17-32-26)39-12-11-37-9-7-30-8-10-37/h1-6,13-14,16-18,30H,7-12,19H2. The Labute approximate surface area is 225 Å². The van der Waals surface area contributed by atoms with Crippen molar-refractivity contribution in [1.82, 2.24) is 45.1 Å². The molecular formula is C28H26N10O. The van der Waals surface area contributed by atoms with Crippen molar-refractivity contribution in [3.8, 4) is 34.5 Å². The van der Waals surface area contributed by atoms with Crippen molar-refractivity contribution in [1.29, 1.82) is 5.26 Å². The topological polar surface area (TPSA) is 131 Å². The lowest BCUT2D eigenvalue weighted by molar-refractivity contribution is 0.191. The molecule has 0 spiro atoms. The fraction of sp³-hybridized carbons (Fsp3) is 0.250. The van der Waals surface area contributed by atoms with Crippen LogP contribution in [0.1, 0.15) is 11.1 Å². The second kappa shape index (κ2) is 11.3. The molecule has 4 heterocycles. The van der Waals surface area contributed by atoms with Crippen molar-refractivity contribution in [3.05, 3.63) is 78.2 Å². The average Bonchev–Trinajstić information content (AvgIpc) is 3.40. The molecule has 0 aliphatic carbocycles. The van der Waals surface area contributed by atoms with E-state index in [4.69, 9.17) is 9.72 Å². The van der Waals surface area contributed by atoms with E-state index in [0.29, 0.717) is 47.3 Å². The number of rotatable bonds is 8. The summed E-state index contributed by atoms with van der Waals surface area (Å²) < 4.78 is 7.57. The van der Waals surface area contributed by atoms with E-state index in [9.17, 15) is 5.26 Å². The van der Waals surface area contributed by atoms with Crippen molar-refractivity contribution in [2.24, 2.45) is 0 Å². The number of hydrogen-bond donors (Lipinski definition) is 1. The second-order valence-corrected chi connectivity index (χ2v) is 9.23. The molecule has 1 fully saturated rings. The van der Waals surface area contributed by atoms with E-state index >= 15 is 0 Å². The van der Waals surface area contributed by atoms with Gasteiger partial charge in [-0.05, 0) is 23.8 Å². The predicted molar refractivity (Wildman–Crippen MR) is 145 cm³/mol. The minimum Gasteiger partial charge on any atom is -0.489 e. The van der Waals surface area contributed by atoms with Gasteiger partial charge in [-0.3, -0.25) is 4.90 Å². The minimum atomic E-state index is 0.452. The van der Waals surface area contributed by atoms with Gasteiger partial charge < -0.3 is 10.1 Å². The first-order chi connectivity index (χ1) is 19.2. The van der Waals surface area contributed by atoms with E-state index in [1.807, 2.05) is 36.4 Å². The second-order valence-electron chi connectivity index (χ2n) is 9.23. The van der Waals surface area contributed by atoms with E-state index in [1.165, 1.54) is 0 Å². The van der Waals surface area contributed by atoms with Crippen LogP contribution in [-0.2, 0) is 6.54 Å². The molecule has 0 amide bonds. The maximum Gasteiger partial charge on any atom is 0.221 e. The largest absolute Gasteiger partial charge is 0.489 e. The SMILES string of the molecule is N#Cc1cccc(-c2cnc3nnn(Cc4cccc(-c5ncc(OCCN6CCNCC6)cn5)c4)c3n2)c1. The number of aromatic nitrogens is 7. The van der Waals surface area contributed by atoms with Crippen LogP contribution >= 0.6 is 0 Å². The van der Waals surface area contributed by atoms with Crippen LogP contribution in [0.3, 0.4) is 0 Å². The molecule has 1 saturated heterocycles. The van der Waals surface area contributed by atoms with Crippen molar-refractivity contribution in [2.45, 2.75) is 6.54 Å². The molecule has 1 aliphatic heterocycles. The minimum absolute atomic E-state index is 0.452. The lowest BCUT2D eigenvalue weighted by atomic mass is 10.1. The summed E-state index contributed by atoms with van der Waals surface area (Å²) in [5.74, 6) is 1.28. The van der Waals surface area contributed by atoms with Crippen LogP contribution in [0, 0.1) is 11.3 Å². The molecule has 194 valence electrons. The molecule has 3 aromatic heterocycles. The zero-order chi connectivity index (χ0) is 26.4. The molecule has 2 aromatic carbocycles. The average molecular weight is 519 g/mol. The zero-order valence-electron chi connectivity index (χ0n) is 21.2.